The molecule has 1 heterocycles. The molecule has 0 unspecified atom stereocenters. The van der Waals surface area contributed by atoms with Crippen LogP contribution in [-0.4, -0.2) is 4.98 Å². The Hall–Kier alpha value is -0.820. The molecule has 0 saturated heterocycles. The molecule has 1 nitrogen and oxygen atoms in total. The molecule has 13 heavy (non-hydrogen) atoms. The highest BCUT2D eigenvalue weighted by Gasteiger charge is 2.02. The maximum atomic E-state index is 6.00. The van der Waals surface area contributed by atoms with E-state index in [4.69, 9.17) is 11.6 Å². The van der Waals surface area contributed by atoms with E-state index in [-0.39, 0.29) is 0 Å². The Balaban J connectivity index is 3.02. The fourth-order valence-electron chi connectivity index (χ4n) is 1.25. The standard InChI is InChI=1S/C11H14ClN/c1-8(2)7-9(3)11-10(12)5-4-6-13-11/h4-8H,1-3H3/b9-7+. The molecule has 0 radical (unpaired) electrons. The first kappa shape index (κ1) is 10.3. The maximum Gasteiger partial charge on any atom is 0.0841 e. The highest BCUT2D eigenvalue weighted by molar-refractivity contribution is 6.32. The third-order valence-electron chi connectivity index (χ3n) is 1.72. The van der Waals surface area contributed by atoms with Crippen LogP contribution >= 0.6 is 11.6 Å². The van der Waals surface area contributed by atoms with Crippen LogP contribution in [0.4, 0.5) is 0 Å². The Labute approximate surface area is 84.5 Å². The van der Waals surface area contributed by atoms with Crippen LogP contribution in [0.2, 0.25) is 5.02 Å². The van der Waals surface area contributed by atoms with Gasteiger partial charge in [0.25, 0.3) is 0 Å². The van der Waals surface area contributed by atoms with Gasteiger partial charge in [0, 0.05) is 6.20 Å². The van der Waals surface area contributed by atoms with E-state index < -0.39 is 0 Å². The van der Waals surface area contributed by atoms with Gasteiger partial charge >= 0.3 is 0 Å². The van der Waals surface area contributed by atoms with Gasteiger partial charge in [-0.15, -0.1) is 0 Å². The predicted molar refractivity (Wildman–Crippen MR) is 57.7 cm³/mol. The van der Waals surface area contributed by atoms with Crippen molar-refractivity contribution in [3.8, 4) is 0 Å². The molecule has 0 saturated carbocycles. The number of nitrogens with zero attached hydrogens (tertiary/aromatic N) is 1. The summed E-state index contributed by atoms with van der Waals surface area (Å²) in [6, 6.07) is 3.70. The summed E-state index contributed by atoms with van der Waals surface area (Å²) in [5, 5.41) is 0.719. The molecule has 2 heteroatoms. The van der Waals surface area contributed by atoms with Crippen molar-refractivity contribution < 1.29 is 0 Å². The van der Waals surface area contributed by atoms with Crippen molar-refractivity contribution in [2.24, 2.45) is 5.92 Å². The monoisotopic (exact) mass is 195 g/mol. The first-order valence-corrected chi connectivity index (χ1v) is 4.78. The summed E-state index contributed by atoms with van der Waals surface area (Å²) in [4.78, 5) is 4.23. The van der Waals surface area contributed by atoms with Crippen LogP contribution in [0.5, 0.6) is 0 Å². The van der Waals surface area contributed by atoms with Gasteiger partial charge < -0.3 is 0 Å². The highest BCUT2D eigenvalue weighted by atomic mass is 35.5. The lowest BCUT2D eigenvalue weighted by Gasteiger charge is -2.04. The molecule has 0 atom stereocenters. The van der Waals surface area contributed by atoms with E-state index in [1.165, 1.54) is 0 Å². The van der Waals surface area contributed by atoms with Gasteiger partial charge in [0.2, 0.25) is 0 Å². The SMILES string of the molecule is C/C(=C\C(C)C)c1ncccc1Cl. The quantitative estimate of drug-likeness (QED) is 0.700. The second kappa shape index (κ2) is 4.43. The Morgan fingerprint density at radius 2 is 2.23 bits per heavy atom. The van der Waals surface area contributed by atoms with Crippen LogP contribution in [0.3, 0.4) is 0 Å². The molecule has 1 aromatic heterocycles. The van der Waals surface area contributed by atoms with E-state index in [1.807, 2.05) is 19.1 Å². The summed E-state index contributed by atoms with van der Waals surface area (Å²) in [6.07, 6.45) is 3.92. The van der Waals surface area contributed by atoms with Gasteiger partial charge in [0.15, 0.2) is 0 Å². The van der Waals surface area contributed by atoms with Gasteiger partial charge in [0.1, 0.15) is 0 Å². The van der Waals surface area contributed by atoms with Gasteiger partial charge in [-0.1, -0.05) is 31.5 Å². The lowest BCUT2D eigenvalue weighted by molar-refractivity contribution is 0.832. The third kappa shape index (κ3) is 2.85. The minimum atomic E-state index is 0.526. The fourth-order valence-corrected chi connectivity index (χ4v) is 1.53. The zero-order valence-corrected chi connectivity index (χ0v) is 8.97. The van der Waals surface area contributed by atoms with E-state index >= 15 is 0 Å². The van der Waals surface area contributed by atoms with Crippen LogP contribution in [-0.2, 0) is 0 Å². The van der Waals surface area contributed by atoms with Crippen LogP contribution in [0.15, 0.2) is 24.4 Å². The average molecular weight is 196 g/mol. The molecule has 1 rings (SSSR count). The summed E-state index contributed by atoms with van der Waals surface area (Å²) in [6.45, 7) is 6.31. The van der Waals surface area contributed by atoms with Gasteiger partial charge in [-0.25, -0.2) is 0 Å². The van der Waals surface area contributed by atoms with E-state index in [2.05, 4.69) is 24.9 Å². The highest BCUT2D eigenvalue weighted by Crippen LogP contribution is 2.21. The Morgan fingerprint density at radius 1 is 1.54 bits per heavy atom. The number of hydrogen-bond acceptors (Lipinski definition) is 1. The topological polar surface area (TPSA) is 12.9 Å². The lowest BCUT2D eigenvalue weighted by Crippen LogP contribution is -1.89. The Morgan fingerprint density at radius 3 is 2.77 bits per heavy atom. The molecule has 0 aromatic carbocycles. The third-order valence-corrected chi connectivity index (χ3v) is 2.02. The largest absolute Gasteiger partial charge is 0.255 e. The molecule has 70 valence electrons. The lowest BCUT2D eigenvalue weighted by atomic mass is 10.1. The second-order valence-corrected chi connectivity index (χ2v) is 3.83. The van der Waals surface area contributed by atoms with Crippen molar-refractivity contribution in [1.82, 2.24) is 4.98 Å². The minimum absolute atomic E-state index is 0.526. The molecule has 0 amide bonds. The predicted octanol–water partition coefficient (Wildman–Crippen LogP) is 3.79. The van der Waals surface area contributed by atoms with Crippen LogP contribution in [0, 0.1) is 5.92 Å². The maximum absolute atomic E-state index is 6.00. The van der Waals surface area contributed by atoms with E-state index in [9.17, 15) is 0 Å². The molecule has 0 aliphatic carbocycles. The first-order chi connectivity index (χ1) is 6.11. The van der Waals surface area contributed by atoms with E-state index in [0.717, 1.165) is 16.3 Å². The average Bonchev–Trinajstić information content (AvgIpc) is 2.03. The summed E-state index contributed by atoms with van der Waals surface area (Å²) >= 11 is 6.00. The summed E-state index contributed by atoms with van der Waals surface area (Å²) in [5.74, 6) is 0.526. The molecular weight excluding hydrogens is 182 g/mol. The molecule has 0 aliphatic heterocycles. The van der Waals surface area contributed by atoms with Crippen molar-refractivity contribution in [1.29, 1.82) is 0 Å². The van der Waals surface area contributed by atoms with Gasteiger partial charge in [-0.3, -0.25) is 4.98 Å². The minimum Gasteiger partial charge on any atom is -0.255 e. The van der Waals surface area contributed by atoms with Crippen molar-refractivity contribution in [3.63, 3.8) is 0 Å². The number of allylic oxidation sites excluding steroid dienone is 2. The number of rotatable bonds is 2. The number of aromatic nitrogens is 1. The van der Waals surface area contributed by atoms with Gasteiger partial charge in [-0.05, 0) is 30.5 Å². The smallest absolute Gasteiger partial charge is 0.0841 e. The summed E-state index contributed by atoms with van der Waals surface area (Å²) < 4.78 is 0. The van der Waals surface area contributed by atoms with Crippen molar-refractivity contribution in [2.75, 3.05) is 0 Å². The zero-order chi connectivity index (χ0) is 9.84. The van der Waals surface area contributed by atoms with E-state index in [0.29, 0.717) is 5.92 Å². The normalized spacial score (nSPS) is 12.2. The number of pyridine rings is 1. The second-order valence-electron chi connectivity index (χ2n) is 3.43. The Bertz CT molecular complexity index is 316. The van der Waals surface area contributed by atoms with E-state index in [1.54, 1.807) is 6.20 Å². The first-order valence-electron chi connectivity index (χ1n) is 4.40. The fraction of sp³-hybridized carbons (Fsp3) is 0.364. The van der Waals surface area contributed by atoms with Crippen molar-refractivity contribution in [3.05, 3.63) is 35.1 Å². The van der Waals surface area contributed by atoms with Gasteiger partial charge in [0.05, 0.1) is 10.7 Å². The number of hydrogen-bond donors (Lipinski definition) is 0. The van der Waals surface area contributed by atoms with Crippen LogP contribution in [0.25, 0.3) is 5.57 Å². The molecular formula is C11H14ClN. The Kier molecular flexibility index (Phi) is 3.49. The van der Waals surface area contributed by atoms with Crippen molar-refractivity contribution >= 4 is 17.2 Å². The molecule has 0 N–H and O–H groups in total. The zero-order valence-electron chi connectivity index (χ0n) is 8.21. The molecule has 1 aromatic rings. The van der Waals surface area contributed by atoms with Gasteiger partial charge in [-0.2, -0.15) is 0 Å². The molecule has 0 spiro atoms. The van der Waals surface area contributed by atoms with Crippen molar-refractivity contribution in [2.45, 2.75) is 20.8 Å². The summed E-state index contributed by atoms with van der Waals surface area (Å²) in [7, 11) is 0. The molecule has 0 fully saturated rings. The number of halogens is 1. The molecule has 0 aliphatic rings. The van der Waals surface area contributed by atoms with Crippen LogP contribution < -0.4 is 0 Å². The van der Waals surface area contributed by atoms with Crippen LogP contribution in [0.1, 0.15) is 26.5 Å². The molecule has 0 bridgehead atoms. The summed E-state index contributed by atoms with van der Waals surface area (Å²) in [5.41, 5.74) is 2.03.